The third kappa shape index (κ3) is 5.20. The van der Waals surface area contributed by atoms with Crippen LogP contribution in [-0.4, -0.2) is 31.7 Å². The molecule has 0 atom stereocenters. The lowest BCUT2D eigenvalue weighted by atomic mass is 10.1. The lowest BCUT2D eigenvalue weighted by molar-refractivity contribution is -0.137. The molecule has 3 rings (SSSR count). The van der Waals surface area contributed by atoms with E-state index in [0.717, 1.165) is 17.7 Å². The molecule has 0 radical (unpaired) electrons. The number of alkyl halides is 3. The van der Waals surface area contributed by atoms with Gasteiger partial charge in [0.05, 0.1) is 25.5 Å². The molecule has 0 aliphatic rings. The summed E-state index contributed by atoms with van der Waals surface area (Å²) in [6, 6.07) is 9.64. The highest BCUT2D eigenvalue weighted by molar-refractivity contribution is 7.14. The molecule has 0 aliphatic heterocycles. The zero-order valence-electron chi connectivity index (χ0n) is 15.9. The lowest BCUT2D eigenvalue weighted by Gasteiger charge is -2.10. The molecule has 10 heteroatoms. The Bertz CT molecular complexity index is 1040. The van der Waals surface area contributed by atoms with Gasteiger partial charge in [0.1, 0.15) is 5.75 Å². The summed E-state index contributed by atoms with van der Waals surface area (Å²) in [5.74, 6) is 0.533. The molecule has 30 heavy (non-hydrogen) atoms. The lowest BCUT2D eigenvalue weighted by Crippen LogP contribution is -2.20. The molecule has 6 nitrogen and oxygen atoms in total. The SMILES string of the molecule is COc1ccc(-c2csc(NC(=O)COc3cccc(C(F)(F)F)c3)n2)cc1OC. The standard InChI is InChI=1S/C20H17F3N2O4S/c1-27-16-7-6-12(8-17(16)28-2)15-11-30-19(24-15)25-18(26)10-29-14-5-3-4-13(9-14)20(21,22)23/h3-9,11H,10H2,1-2H3,(H,24,25,26). The van der Waals surface area contributed by atoms with E-state index in [4.69, 9.17) is 14.2 Å². The van der Waals surface area contributed by atoms with E-state index in [2.05, 4.69) is 10.3 Å². The maximum absolute atomic E-state index is 12.7. The van der Waals surface area contributed by atoms with Crippen LogP contribution in [0, 0.1) is 0 Å². The van der Waals surface area contributed by atoms with Crippen LogP contribution >= 0.6 is 11.3 Å². The predicted molar refractivity (Wildman–Crippen MR) is 106 cm³/mol. The Morgan fingerprint density at radius 2 is 1.87 bits per heavy atom. The number of methoxy groups -OCH3 is 2. The van der Waals surface area contributed by atoms with Crippen molar-refractivity contribution in [3.63, 3.8) is 0 Å². The van der Waals surface area contributed by atoms with Crippen molar-refractivity contribution in [2.45, 2.75) is 6.18 Å². The number of nitrogens with zero attached hydrogens (tertiary/aromatic N) is 1. The number of hydrogen-bond acceptors (Lipinski definition) is 6. The number of halogens is 3. The van der Waals surface area contributed by atoms with E-state index >= 15 is 0 Å². The number of hydrogen-bond donors (Lipinski definition) is 1. The highest BCUT2D eigenvalue weighted by Gasteiger charge is 2.30. The molecule has 1 N–H and O–H groups in total. The second kappa shape index (κ2) is 9.04. The van der Waals surface area contributed by atoms with Crippen molar-refractivity contribution in [2.75, 3.05) is 26.1 Å². The molecule has 0 fully saturated rings. The topological polar surface area (TPSA) is 69.7 Å². The first-order valence-electron chi connectivity index (χ1n) is 8.58. The smallest absolute Gasteiger partial charge is 0.416 e. The molecular formula is C20H17F3N2O4S. The zero-order valence-corrected chi connectivity index (χ0v) is 16.8. The van der Waals surface area contributed by atoms with Crippen LogP contribution in [0.2, 0.25) is 0 Å². The minimum Gasteiger partial charge on any atom is -0.493 e. The molecule has 3 aromatic rings. The zero-order chi connectivity index (χ0) is 21.7. The third-order valence-electron chi connectivity index (χ3n) is 3.96. The van der Waals surface area contributed by atoms with Crippen LogP contribution in [0.3, 0.4) is 0 Å². The van der Waals surface area contributed by atoms with Crippen LogP contribution in [0.5, 0.6) is 17.2 Å². The Kier molecular flexibility index (Phi) is 6.46. The predicted octanol–water partition coefficient (Wildman–Crippen LogP) is 4.86. The number of carbonyl (C=O) groups excluding carboxylic acids is 1. The number of anilines is 1. The van der Waals surface area contributed by atoms with Crippen LogP contribution < -0.4 is 19.5 Å². The molecule has 0 aliphatic carbocycles. The van der Waals surface area contributed by atoms with Crippen molar-refractivity contribution >= 4 is 22.4 Å². The number of aromatic nitrogens is 1. The van der Waals surface area contributed by atoms with Crippen molar-refractivity contribution in [2.24, 2.45) is 0 Å². The van der Waals surface area contributed by atoms with Crippen LogP contribution in [0.25, 0.3) is 11.3 Å². The van der Waals surface area contributed by atoms with Crippen molar-refractivity contribution in [3.8, 4) is 28.5 Å². The molecule has 0 spiro atoms. The van der Waals surface area contributed by atoms with Crippen LogP contribution in [-0.2, 0) is 11.0 Å². The van der Waals surface area contributed by atoms with Crippen molar-refractivity contribution in [1.82, 2.24) is 4.98 Å². The van der Waals surface area contributed by atoms with Crippen molar-refractivity contribution in [3.05, 3.63) is 53.4 Å². The number of ether oxygens (including phenoxy) is 3. The number of carbonyl (C=O) groups is 1. The summed E-state index contributed by atoms with van der Waals surface area (Å²) in [5.41, 5.74) is 0.541. The van der Waals surface area contributed by atoms with E-state index in [-0.39, 0.29) is 5.75 Å². The molecule has 158 valence electrons. The molecule has 0 unspecified atom stereocenters. The van der Waals surface area contributed by atoms with E-state index in [1.54, 1.807) is 23.6 Å². The summed E-state index contributed by atoms with van der Waals surface area (Å²) >= 11 is 1.20. The van der Waals surface area contributed by atoms with Gasteiger partial charge in [-0.1, -0.05) is 6.07 Å². The second-order valence-corrected chi connectivity index (χ2v) is 6.83. The normalized spacial score (nSPS) is 11.1. The number of nitrogens with one attached hydrogen (secondary N) is 1. The van der Waals surface area contributed by atoms with E-state index in [0.29, 0.717) is 22.3 Å². The first kappa shape index (κ1) is 21.4. The van der Waals surface area contributed by atoms with Crippen LogP contribution in [0.1, 0.15) is 5.56 Å². The summed E-state index contributed by atoms with van der Waals surface area (Å²) < 4.78 is 53.8. The fourth-order valence-corrected chi connectivity index (χ4v) is 3.26. The maximum atomic E-state index is 12.7. The molecular weight excluding hydrogens is 421 g/mol. The summed E-state index contributed by atoms with van der Waals surface area (Å²) in [6.45, 7) is -0.452. The van der Waals surface area contributed by atoms with Crippen LogP contribution in [0.15, 0.2) is 47.8 Å². The van der Waals surface area contributed by atoms with Crippen LogP contribution in [0.4, 0.5) is 18.3 Å². The summed E-state index contributed by atoms with van der Waals surface area (Å²) in [6.07, 6.45) is -4.48. The molecule has 1 aromatic heterocycles. The number of amides is 1. The molecule has 1 heterocycles. The summed E-state index contributed by atoms with van der Waals surface area (Å²) in [4.78, 5) is 16.4. The average molecular weight is 438 g/mol. The van der Waals surface area contributed by atoms with Gasteiger partial charge in [0.2, 0.25) is 0 Å². The summed E-state index contributed by atoms with van der Waals surface area (Å²) in [7, 11) is 3.06. The first-order valence-corrected chi connectivity index (χ1v) is 9.46. The van der Waals surface area contributed by atoms with Gasteiger partial charge < -0.3 is 14.2 Å². The highest BCUT2D eigenvalue weighted by Crippen LogP contribution is 2.34. The minimum absolute atomic E-state index is 0.0508. The highest BCUT2D eigenvalue weighted by atomic mass is 32.1. The van der Waals surface area contributed by atoms with Gasteiger partial charge in [-0.05, 0) is 36.4 Å². The quantitative estimate of drug-likeness (QED) is 0.570. The molecule has 0 saturated carbocycles. The van der Waals surface area contributed by atoms with Gasteiger partial charge in [0, 0.05) is 10.9 Å². The number of rotatable bonds is 7. The van der Waals surface area contributed by atoms with E-state index < -0.39 is 24.3 Å². The van der Waals surface area contributed by atoms with Crippen molar-refractivity contribution < 1.29 is 32.2 Å². The van der Waals surface area contributed by atoms with E-state index in [1.165, 1.54) is 37.7 Å². The fourth-order valence-electron chi connectivity index (χ4n) is 2.53. The summed E-state index contributed by atoms with van der Waals surface area (Å²) in [5, 5.41) is 4.65. The van der Waals surface area contributed by atoms with Gasteiger partial charge in [0.15, 0.2) is 23.2 Å². The maximum Gasteiger partial charge on any atom is 0.416 e. The number of thiazole rings is 1. The molecule has 0 bridgehead atoms. The minimum atomic E-state index is -4.48. The van der Waals surface area contributed by atoms with Gasteiger partial charge in [-0.25, -0.2) is 4.98 Å². The first-order chi connectivity index (χ1) is 14.3. The van der Waals surface area contributed by atoms with Gasteiger partial charge in [-0.15, -0.1) is 11.3 Å². The third-order valence-corrected chi connectivity index (χ3v) is 4.72. The second-order valence-electron chi connectivity index (χ2n) is 5.97. The Labute approximate surface area is 174 Å². The Morgan fingerprint density at radius 1 is 1.10 bits per heavy atom. The Hall–Kier alpha value is -3.27. The number of benzene rings is 2. The molecule has 1 amide bonds. The Morgan fingerprint density at radius 3 is 2.57 bits per heavy atom. The van der Waals surface area contributed by atoms with Gasteiger partial charge in [-0.2, -0.15) is 13.2 Å². The Balaban J connectivity index is 1.62. The average Bonchev–Trinajstić information content (AvgIpc) is 3.19. The molecule has 0 saturated heterocycles. The monoisotopic (exact) mass is 438 g/mol. The molecule has 2 aromatic carbocycles. The van der Waals surface area contributed by atoms with E-state index in [1.807, 2.05) is 0 Å². The van der Waals surface area contributed by atoms with Gasteiger partial charge >= 0.3 is 6.18 Å². The fraction of sp³-hybridized carbons (Fsp3) is 0.200. The van der Waals surface area contributed by atoms with E-state index in [9.17, 15) is 18.0 Å². The van der Waals surface area contributed by atoms with Gasteiger partial charge in [0.25, 0.3) is 5.91 Å². The van der Waals surface area contributed by atoms with Gasteiger partial charge in [-0.3, -0.25) is 10.1 Å². The van der Waals surface area contributed by atoms with Crippen molar-refractivity contribution in [1.29, 1.82) is 0 Å². The largest absolute Gasteiger partial charge is 0.493 e.